The summed E-state index contributed by atoms with van der Waals surface area (Å²) in [4.78, 5) is 4.18. The third kappa shape index (κ3) is 2.65. The predicted molar refractivity (Wildman–Crippen MR) is 65.2 cm³/mol. The Kier molecular flexibility index (Phi) is 3.64. The summed E-state index contributed by atoms with van der Waals surface area (Å²) in [7, 11) is 0. The third-order valence-corrected chi connectivity index (χ3v) is 3.27. The first-order valence-corrected chi connectivity index (χ1v) is 6.23. The molecular weight excluding hydrogens is 202 g/mol. The van der Waals surface area contributed by atoms with E-state index in [1.54, 1.807) is 4.68 Å². The summed E-state index contributed by atoms with van der Waals surface area (Å²) in [5.74, 6) is 1.95. The van der Waals surface area contributed by atoms with Gasteiger partial charge < -0.3 is 11.1 Å². The molecule has 1 fully saturated rings. The standard InChI is InChI=1S/C11H21N5/c1-2-16-10(12)14-11(15-16)13-8-9-6-4-3-5-7-9/h9H,2-8H2,1H3,(H3,12,13,14,15). The second-order valence-electron chi connectivity index (χ2n) is 4.49. The molecule has 0 atom stereocenters. The second-order valence-corrected chi connectivity index (χ2v) is 4.49. The zero-order valence-corrected chi connectivity index (χ0v) is 9.95. The first-order chi connectivity index (χ1) is 7.79. The van der Waals surface area contributed by atoms with Gasteiger partial charge in [-0.15, -0.1) is 5.10 Å². The molecule has 1 aliphatic rings. The Morgan fingerprint density at radius 1 is 1.38 bits per heavy atom. The van der Waals surface area contributed by atoms with Crippen molar-refractivity contribution in [3.05, 3.63) is 0 Å². The molecule has 1 heterocycles. The van der Waals surface area contributed by atoms with Gasteiger partial charge in [-0.1, -0.05) is 19.3 Å². The lowest BCUT2D eigenvalue weighted by Gasteiger charge is -2.21. The van der Waals surface area contributed by atoms with Gasteiger partial charge in [0.15, 0.2) is 0 Å². The lowest BCUT2D eigenvalue weighted by Crippen LogP contribution is -2.17. The highest BCUT2D eigenvalue weighted by Crippen LogP contribution is 2.23. The van der Waals surface area contributed by atoms with Gasteiger partial charge in [0.05, 0.1) is 0 Å². The van der Waals surface area contributed by atoms with Crippen LogP contribution in [0.4, 0.5) is 11.9 Å². The van der Waals surface area contributed by atoms with Crippen molar-refractivity contribution in [2.75, 3.05) is 17.6 Å². The molecule has 1 aliphatic carbocycles. The fraction of sp³-hybridized carbons (Fsp3) is 0.818. The molecule has 0 aromatic carbocycles. The molecule has 0 unspecified atom stereocenters. The lowest BCUT2D eigenvalue weighted by molar-refractivity contribution is 0.373. The second kappa shape index (κ2) is 5.18. The van der Waals surface area contributed by atoms with Crippen LogP contribution in [0.25, 0.3) is 0 Å². The molecule has 2 rings (SSSR count). The van der Waals surface area contributed by atoms with Crippen molar-refractivity contribution >= 4 is 11.9 Å². The highest BCUT2D eigenvalue weighted by molar-refractivity contribution is 5.31. The molecule has 0 bridgehead atoms. The van der Waals surface area contributed by atoms with Gasteiger partial charge in [-0.25, -0.2) is 4.68 Å². The first kappa shape index (κ1) is 11.2. The van der Waals surface area contributed by atoms with Gasteiger partial charge in [-0.2, -0.15) is 4.98 Å². The summed E-state index contributed by atoms with van der Waals surface area (Å²) in [6.45, 7) is 3.76. The van der Waals surface area contributed by atoms with Gasteiger partial charge in [0.2, 0.25) is 11.9 Å². The van der Waals surface area contributed by atoms with E-state index >= 15 is 0 Å². The maximum atomic E-state index is 5.71. The van der Waals surface area contributed by atoms with E-state index in [9.17, 15) is 0 Å². The van der Waals surface area contributed by atoms with E-state index in [4.69, 9.17) is 5.73 Å². The molecule has 5 heteroatoms. The van der Waals surface area contributed by atoms with Crippen LogP contribution in [0.15, 0.2) is 0 Å². The highest BCUT2D eigenvalue weighted by atomic mass is 15.4. The van der Waals surface area contributed by atoms with Gasteiger partial charge in [0, 0.05) is 13.1 Å². The molecule has 1 aromatic rings. The van der Waals surface area contributed by atoms with Crippen LogP contribution in [0.3, 0.4) is 0 Å². The Morgan fingerprint density at radius 3 is 2.75 bits per heavy atom. The summed E-state index contributed by atoms with van der Waals surface area (Å²) in [6.07, 6.45) is 6.79. The number of nitrogens with two attached hydrogens (primary N) is 1. The number of nitrogens with zero attached hydrogens (tertiary/aromatic N) is 3. The molecule has 1 saturated carbocycles. The quantitative estimate of drug-likeness (QED) is 0.817. The van der Waals surface area contributed by atoms with E-state index in [1.165, 1.54) is 32.1 Å². The van der Waals surface area contributed by atoms with Crippen molar-refractivity contribution in [3.63, 3.8) is 0 Å². The summed E-state index contributed by atoms with van der Waals surface area (Å²) in [5, 5.41) is 7.57. The average molecular weight is 223 g/mol. The van der Waals surface area contributed by atoms with Gasteiger partial charge in [0.1, 0.15) is 0 Å². The van der Waals surface area contributed by atoms with Crippen LogP contribution < -0.4 is 11.1 Å². The molecule has 1 aromatic heterocycles. The maximum absolute atomic E-state index is 5.71. The Bertz CT molecular complexity index is 327. The van der Waals surface area contributed by atoms with Crippen LogP contribution in [0, 0.1) is 5.92 Å². The van der Waals surface area contributed by atoms with E-state index in [1.807, 2.05) is 6.92 Å². The molecule has 90 valence electrons. The van der Waals surface area contributed by atoms with E-state index in [0.29, 0.717) is 11.9 Å². The van der Waals surface area contributed by atoms with Crippen LogP contribution in [0.2, 0.25) is 0 Å². The van der Waals surface area contributed by atoms with Gasteiger partial charge in [0.25, 0.3) is 0 Å². The monoisotopic (exact) mass is 223 g/mol. The van der Waals surface area contributed by atoms with Crippen LogP contribution in [-0.2, 0) is 6.54 Å². The molecule has 0 spiro atoms. The number of aromatic nitrogens is 3. The van der Waals surface area contributed by atoms with Crippen molar-refractivity contribution in [1.29, 1.82) is 0 Å². The van der Waals surface area contributed by atoms with Crippen molar-refractivity contribution in [2.24, 2.45) is 5.92 Å². The Balaban J connectivity index is 1.83. The average Bonchev–Trinajstić information content (AvgIpc) is 2.69. The number of hydrogen-bond donors (Lipinski definition) is 2. The van der Waals surface area contributed by atoms with E-state index in [-0.39, 0.29) is 0 Å². The minimum atomic E-state index is 0.494. The zero-order chi connectivity index (χ0) is 11.4. The number of nitrogen functional groups attached to an aromatic ring is 1. The first-order valence-electron chi connectivity index (χ1n) is 6.23. The molecular formula is C11H21N5. The number of hydrogen-bond acceptors (Lipinski definition) is 4. The predicted octanol–water partition coefficient (Wildman–Crippen LogP) is 1.87. The number of aryl methyl sites for hydroxylation is 1. The molecule has 16 heavy (non-hydrogen) atoms. The number of anilines is 2. The lowest BCUT2D eigenvalue weighted by atomic mass is 9.89. The largest absolute Gasteiger partial charge is 0.368 e. The molecule has 0 saturated heterocycles. The van der Waals surface area contributed by atoms with E-state index in [2.05, 4.69) is 15.4 Å². The zero-order valence-electron chi connectivity index (χ0n) is 9.95. The minimum Gasteiger partial charge on any atom is -0.368 e. The molecule has 5 nitrogen and oxygen atoms in total. The summed E-state index contributed by atoms with van der Waals surface area (Å²) < 4.78 is 1.71. The number of rotatable bonds is 4. The number of nitrogens with one attached hydrogen (secondary N) is 1. The van der Waals surface area contributed by atoms with Gasteiger partial charge in [-0.3, -0.25) is 0 Å². The molecule has 3 N–H and O–H groups in total. The van der Waals surface area contributed by atoms with Crippen LogP contribution in [0.5, 0.6) is 0 Å². The normalized spacial score (nSPS) is 17.6. The third-order valence-electron chi connectivity index (χ3n) is 3.27. The SMILES string of the molecule is CCn1nc(NCC2CCCCC2)nc1N. The summed E-state index contributed by atoms with van der Waals surface area (Å²) >= 11 is 0. The molecule has 0 radical (unpaired) electrons. The Labute approximate surface area is 96.4 Å². The van der Waals surface area contributed by atoms with Crippen LogP contribution in [0.1, 0.15) is 39.0 Å². The van der Waals surface area contributed by atoms with Gasteiger partial charge in [-0.05, 0) is 25.7 Å². The summed E-state index contributed by atoms with van der Waals surface area (Å²) in [5.41, 5.74) is 5.71. The van der Waals surface area contributed by atoms with E-state index in [0.717, 1.165) is 19.0 Å². The van der Waals surface area contributed by atoms with Crippen molar-refractivity contribution in [3.8, 4) is 0 Å². The maximum Gasteiger partial charge on any atom is 0.243 e. The van der Waals surface area contributed by atoms with E-state index < -0.39 is 0 Å². The highest BCUT2D eigenvalue weighted by Gasteiger charge is 2.14. The fourth-order valence-corrected chi connectivity index (χ4v) is 2.29. The molecule has 0 amide bonds. The summed E-state index contributed by atoms with van der Waals surface area (Å²) in [6, 6.07) is 0. The van der Waals surface area contributed by atoms with Crippen LogP contribution in [-0.4, -0.2) is 21.3 Å². The Morgan fingerprint density at radius 2 is 2.12 bits per heavy atom. The van der Waals surface area contributed by atoms with Gasteiger partial charge >= 0.3 is 0 Å². The molecule has 0 aliphatic heterocycles. The fourth-order valence-electron chi connectivity index (χ4n) is 2.29. The topological polar surface area (TPSA) is 68.8 Å². The smallest absolute Gasteiger partial charge is 0.243 e. The Hall–Kier alpha value is -1.26. The van der Waals surface area contributed by atoms with Crippen molar-refractivity contribution in [1.82, 2.24) is 14.8 Å². The van der Waals surface area contributed by atoms with Crippen LogP contribution >= 0.6 is 0 Å². The van der Waals surface area contributed by atoms with Crippen molar-refractivity contribution in [2.45, 2.75) is 45.6 Å². The van der Waals surface area contributed by atoms with Crippen molar-refractivity contribution < 1.29 is 0 Å². The minimum absolute atomic E-state index is 0.494.